The number of carbonyl (C=O) groups is 2. The molecule has 1 aliphatic heterocycles. The molecule has 41 heavy (non-hydrogen) atoms. The number of carboxylic acid groups (broad SMARTS) is 1. The van der Waals surface area contributed by atoms with Gasteiger partial charge in [0, 0.05) is 30.5 Å². The summed E-state index contributed by atoms with van der Waals surface area (Å²) < 4.78 is 27.7. The van der Waals surface area contributed by atoms with Crippen molar-refractivity contribution in [1.82, 2.24) is 4.90 Å². The molecule has 214 valence electrons. The number of hydrogen-bond donors (Lipinski definition) is 2. The fourth-order valence-electron chi connectivity index (χ4n) is 5.92. The number of halogens is 2. The van der Waals surface area contributed by atoms with E-state index in [0.29, 0.717) is 29.1 Å². The average molecular weight is 560 g/mol. The third-order valence-electron chi connectivity index (χ3n) is 8.11. The van der Waals surface area contributed by atoms with Gasteiger partial charge in [0.05, 0.1) is 17.4 Å². The summed E-state index contributed by atoms with van der Waals surface area (Å²) >= 11 is 0. The molecule has 1 aliphatic carbocycles. The lowest BCUT2D eigenvalue weighted by Crippen LogP contribution is -2.39. The lowest BCUT2D eigenvalue weighted by molar-refractivity contribution is -0.141. The Morgan fingerprint density at radius 3 is 2.24 bits per heavy atom. The number of rotatable bonds is 9. The smallest absolute Gasteiger partial charge is 0.328 e. The fourth-order valence-corrected chi connectivity index (χ4v) is 5.92. The summed E-state index contributed by atoms with van der Waals surface area (Å²) in [5.74, 6) is -4.53. The average Bonchev–Trinajstić information content (AvgIpc) is 3.44. The molecule has 1 saturated carbocycles. The second-order valence-electron chi connectivity index (χ2n) is 11.0. The Morgan fingerprint density at radius 1 is 0.927 bits per heavy atom. The lowest BCUT2D eigenvalue weighted by atomic mass is 9.82. The van der Waals surface area contributed by atoms with E-state index in [-0.39, 0.29) is 37.6 Å². The maximum atomic E-state index is 13.9. The predicted octanol–water partition coefficient (Wildman–Crippen LogP) is 6.41. The van der Waals surface area contributed by atoms with E-state index in [9.17, 15) is 23.5 Å². The monoisotopic (exact) mass is 559 g/mol. The molecule has 5 rings (SSSR count). The Hall–Kier alpha value is -3.91. The summed E-state index contributed by atoms with van der Waals surface area (Å²) in [6, 6.07) is 25.0. The van der Waals surface area contributed by atoms with Crippen LogP contribution in [-0.4, -0.2) is 52.1 Å². The number of anilines is 1. The molecule has 3 aromatic carbocycles. The van der Waals surface area contributed by atoms with Crippen LogP contribution in [-0.2, 0) is 16.1 Å². The lowest BCUT2D eigenvalue weighted by Gasteiger charge is -2.30. The zero-order chi connectivity index (χ0) is 28.8. The number of carbonyl (C=O) groups excluding carboxylic acids is 1. The first-order chi connectivity index (χ1) is 19.8. The Kier molecular flexibility index (Phi) is 8.88. The standard InChI is InChI=1S/C33H35F2N3O3/c34-33(35)19-17-25(18-20-33)30(32(40)41)37-29(24-12-5-2-6-13-24)26-14-7-8-15-27(26)36-31(39)28-16-9-21-38(28)22-23-10-3-1-4-11-23/h1-8,10-15,25,28,30H,9,16-22H2,(H,36,39)(H,40,41)/b37-29+/t28-,30?/m0/s1. The quantitative estimate of drug-likeness (QED) is 0.297. The normalized spacial score (nSPS) is 20.4. The van der Waals surface area contributed by atoms with E-state index in [2.05, 4.69) is 22.3 Å². The van der Waals surface area contributed by atoms with Crippen molar-refractivity contribution < 1.29 is 23.5 Å². The van der Waals surface area contributed by atoms with Crippen LogP contribution in [0.3, 0.4) is 0 Å². The van der Waals surface area contributed by atoms with Gasteiger partial charge in [0.15, 0.2) is 6.04 Å². The molecule has 8 heteroatoms. The Balaban J connectivity index is 1.44. The number of alkyl halides is 2. The first-order valence-corrected chi connectivity index (χ1v) is 14.2. The van der Waals surface area contributed by atoms with E-state index >= 15 is 0 Å². The summed E-state index contributed by atoms with van der Waals surface area (Å²) in [5, 5.41) is 13.2. The molecule has 6 nitrogen and oxygen atoms in total. The van der Waals surface area contributed by atoms with Crippen LogP contribution in [0.5, 0.6) is 0 Å². The number of nitrogens with one attached hydrogen (secondary N) is 1. The number of aliphatic imine (C=N–C) groups is 1. The van der Waals surface area contributed by atoms with E-state index in [4.69, 9.17) is 4.99 Å². The number of likely N-dealkylation sites (tertiary alicyclic amines) is 1. The van der Waals surface area contributed by atoms with Crippen LogP contribution in [0.25, 0.3) is 0 Å². The molecule has 1 heterocycles. The molecule has 0 spiro atoms. The van der Waals surface area contributed by atoms with E-state index in [1.807, 2.05) is 66.7 Å². The number of carboxylic acids is 1. The van der Waals surface area contributed by atoms with Crippen LogP contribution in [0.1, 0.15) is 55.2 Å². The highest BCUT2D eigenvalue weighted by Gasteiger charge is 2.40. The zero-order valence-corrected chi connectivity index (χ0v) is 22.9. The predicted molar refractivity (Wildman–Crippen MR) is 155 cm³/mol. The van der Waals surface area contributed by atoms with Crippen LogP contribution in [0.15, 0.2) is 89.9 Å². The summed E-state index contributed by atoms with van der Waals surface area (Å²) in [6.07, 6.45) is 1.16. The van der Waals surface area contributed by atoms with Crippen LogP contribution in [0.2, 0.25) is 0 Å². The minimum Gasteiger partial charge on any atom is -0.480 e. The van der Waals surface area contributed by atoms with Gasteiger partial charge in [-0.1, -0.05) is 78.9 Å². The van der Waals surface area contributed by atoms with Crippen molar-refractivity contribution in [2.75, 3.05) is 11.9 Å². The van der Waals surface area contributed by atoms with Crippen molar-refractivity contribution in [3.63, 3.8) is 0 Å². The van der Waals surface area contributed by atoms with Crippen LogP contribution in [0, 0.1) is 5.92 Å². The number of benzene rings is 3. The summed E-state index contributed by atoms with van der Waals surface area (Å²) in [5.41, 5.74) is 3.37. The van der Waals surface area contributed by atoms with Gasteiger partial charge in [-0.3, -0.25) is 14.7 Å². The molecular weight excluding hydrogens is 524 g/mol. The maximum absolute atomic E-state index is 13.9. The Labute approximate surface area is 239 Å². The number of amides is 1. The molecule has 2 atom stereocenters. The van der Waals surface area contributed by atoms with E-state index in [1.165, 1.54) is 0 Å². The minimum atomic E-state index is -2.77. The molecule has 2 aliphatic rings. The highest BCUT2D eigenvalue weighted by molar-refractivity contribution is 6.17. The highest BCUT2D eigenvalue weighted by atomic mass is 19.3. The van der Waals surface area contributed by atoms with Crippen molar-refractivity contribution in [2.45, 2.75) is 63.1 Å². The maximum Gasteiger partial charge on any atom is 0.328 e. The SMILES string of the molecule is O=C(O)C(/N=C(\c1ccccc1)c1ccccc1NC(=O)[C@@H]1CCCN1Cc1ccccc1)C1CCC(F)(F)CC1. The number of para-hydroxylation sites is 1. The van der Waals surface area contributed by atoms with E-state index < -0.39 is 23.9 Å². The molecule has 3 aromatic rings. The Bertz CT molecular complexity index is 1370. The number of nitrogens with zero attached hydrogens (tertiary/aromatic N) is 2. The van der Waals surface area contributed by atoms with Crippen molar-refractivity contribution >= 4 is 23.3 Å². The van der Waals surface area contributed by atoms with Gasteiger partial charge in [-0.2, -0.15) is 0 Å². The third-order valence-corrected chi connectivity index (χ3v) is 8.11. The van der Waals surface area contributed by atoms with Crippen molar-refractivity contribution in [3.05, 3.63) is 102 Å². The fraction of sp³-hybridized carbons (Fsp3) is 0.364. The second-order valence-corrected chi connectivity index (χ2v) is 11.0. The summed E-state index contributed by atoms with van der Waals surface area (Å²) in [4.78, 5) is 32.9. The first-order valence-electron chi connectivity index (χ1n) is 14.2. The third kappa shape index (κ3) is 7.06. The van der Waals surface area contributed by atoms with Crippen molar-refractivity contribution in [2.24, 2.45) is 10.9 Å². The highest BCUT2D eigenvalue weighted by Crippen LogP contribution is 2.38. The van der Waals surface area contributed by atoms with Gasteiger partial charge in [-0.05, 0) is 49.8 Å². The van der Waals surface area contributed by atoms with Crippen LogP contribution >= 0.6 is 0 Å². The molecule has 0 bridgehead atoms. The van der Waals surface area contributed by atoms with E-state index in [0.717, 1.165) is 24.9 Å². The molecule has 1 saturated heterocycles. The van der Waals surface area contributed by atoms with Gasteiger partial charge in [-0.15, -0.1) is 0 Å². The van der Waals surface area contributed by atoms with Gasteiger partial charge < -0.3 is 10.4 Å². The zero-order valence-electron chi connectivity index (χ0n) is 22.9. The van der Waals surface area contributed by atoms with Crippen molar-refractivity contribution in [3.8, 4) is 0 Å². The van der Waals surface area contributed by atoms with Crippen LogP contribution < -0.4 is 5.32 Å². The van der Waals surface area contributed by atoms with Gasteiger partial charge in [-0.25, -0.2) is 13.6 Å². The minimum absolute atomic E-state index is 0.0901. The van der Waals surface area contributed by atoms with Crippen LogP contribution in [0.4, 0.5) is 14.5 Å². The molecular formula is C33H35F2N3O3. The van der Waals surface area contributed by atoms with Gasteiger partial charge >= 0.3 is 5.97 Å². The second kappa shape index (κ2) is 12.7. The first kappa shape index (κ1) is 28.6. The number of aliphatic carboxylic acids is 1. The summed E-state index contributed by atoms with van der Waals surface area (Å²) in [6.45, 7) is 1.50. The van der Waals surface area contributed by atoms with Gasteiger partial charge in [0.2, 0.25) is 11.8 Å². The molecule has 0 aromatic heterocycles. The topological polar surface area (TPSA) is 82.0 Å². The molecule has 0 radical (unpaired) electrons. The van der Waals surface area contributed by atoms with Gasteiger partial charge in [0.1, 0.15) is 0 Å². The summed E-state index contributed by atoms with van der Waals surface area (Å²) in [7, 11) is 0. The number of hydrogen-bond acceptors (Lipinski definition) is 4. The molecule has 2 N–H and O–H groups in total. The molecule has 1 amide bonds. The van der Waals surface area contributed by atoms with Crippen molar-refractivity contribution in [1.29, 1.82) is 0 Å². The largest absolute Gasteiger partial charge is 0.480 e. The van der Waals surface area contributed by atoms with E-state index in [1.54, 1.807) is 6.07 Å². The van der Waals surface area contributed by atoms with Gasteiger partial charge in [0.25, 0.3) is 0 Å². The molecule has 1 unspecified atom stereocenters. The Morgan fingerprint density at radius 2 is 1.56 bits per heavy atom. The molecule has 2 fully saturated rings.